The van der Waals surface area contributed by atoms with Crippen LogP contribution < -0.4 is 5.43 Å². The first-order chi connectivity index (χ1) is 15.3. The molecule has 10 heteroatoms. The summed E-state index contributed by atoms with van der Waals surface area (Å²) >= 11 is 18.2. The highest BCUT2D eigenvalue weighted by Crippen LogP contribution is 2.25. The van der Waals surface area contributed by atoms with Crippen LogP contribution in [0.2, 0.25) is 15.1 Å². The van der Waals surface area contributed by atoms with Gasteiger partial charge in [-0.15, -0.1) is 0 Å². The molecule has 0 radical (unpaired) electrons. The van der Waals surface area contributed by atoms with Crippen molar-refractivity contribution in [2.75, 3.05) is 6.54 Å². The first-order valence-corrected chi connectivity index (χ1v) is 11.9. The van der Waals surface area contributed by atoms with Gasteiger partial charge in [-0.05, 0) is 35.9 Å². The predicted molar refractivity (Wildman–Crippen MR) is 128 cm³/mol. The third-order valence-corrected chi connectivity index (χ3v) is 7.10. The molecule has 1 N–H and O–H groups in total. The molecule has 0 spiro atoms. The molecule has 0 saturated carbocycles. The zero-order valence-corrected chi connectivity index (χ0v) is 19.7. The molecule has 32 heavy (non-hydrogen) atoms. The standard InChI is InChI=1S/C22H18Cl3N3O3S/c23-18-11-10-17(21(25)12-18)14-28(32(30,31)19-7-2-1-3-8-19)15-22(29)27-26-13-16-6-4-5-9-20(16)24/h1-13H,14-15H2,(H,27,29)/b26-13-. The SMILES string of the molecule is O=C(CN(Cc1ccc(Cl)cc1Cl)S(=O)(=O)c1ccccc1)N/N=C\c1ccccc1Cl. The van der Waals surface area contributed by atoms with Crippen LogP contribution in [-0.4, -0.2) is 31.4 Å². The van der Waals surface area contributed by atoms with E-state index >= 15 is 0 Å². The molecule has 0 aliphatic carbocycles. The number of sulfonamides is 1. The number of halogens is 3. The quantitative estimate of drug-likeness (QED) is 0.343. The molecule has 3 aromatic carbocycles. The first-order valence-electron chi connectivity index (χ1n) is 9.33. The number of carbonyl (C=O) groups excluding carboxylic acids is 1. The monoisotopic (exact) mass is 509 g/mol. The summed E-state index contributed by atoms with van der Waals surface area (Å²) in [5.74, 6) is -0.627. The van der Waals surface area contributed by atoms with Crippen LogP contribution in [0.4, 0.5) is 0 Å². The molecule has 3 rings (SSSR count). The molecule has 0 atom stereocenters. The lowest BCUT2D eigenvalue weighted by atomic mass is 10.2. The van der Waals surface area contributed by atoms with Gasteiger partial charge in [-0.25, -0.2) is 13.8 Å². The fraction of sp³-hybridized carbons (Fsp3) is 0.0909. The van der Waals surface area contributed by atoms with Crippen LogP contribution in [0.15, 0.2) is 82.8 Å². The lowest BCUT2D eigenvalue weighted by Crippen LogP contribution is -2.39. The summed E-state index contributed by atoms with van der Waals surface area (Å²) in [5, 5.41) is 5.05. The summed E-state index contributed by atoms with van der Waals surface area (Å²) in [6, 6.07) is 19.5. The van der Waals surface area contributed by atoms with Gasteiger partial charge in [-0.1, -0.05) is 77.3 Å². The highest BCUT2D eigenvalue weighted by molar-refractivity contribution is 7.89. The summed E-state index contributed by atoms with van der Waals surface area (Å²) in [7, 11) is -4.00. The Morgan fingerprint density at radius 3 is 2.31 bits per heavy atom. The Bertz CT molecular complexity index is 1240. The zero-order chi connectivity index (χ0) is 23.1. The minimum Gasteiger partial charge on any atom is -0.272 e. The molecule has 1 amide bonds. The molecule has 0 aliphatic heterocycles. The molecule has 0 unspecified atom stereocenters. The maximum atomic E-state index is 13.2. The Balaban J connectivity index is 1.82. The molecule has 0 heterocycles. The number of amides is 1. The van der Waals surface area contributed by atoms with Crippen molar-refractivity contribution in [3.63, 3.8) is 0 Å². The van der Waals surface area contributed by atoms with Crippen molar-refractivity contribution in [3.8, 4) is 0 Å². The van der Waals surface area contributed by atoms with E-state index in [9.17, 15) is 13.2 Å². The van der Waals surface area contributed by atoms with Gasteiger partial charge in [0.15, 0.2) is 0 Å². The predicted octanol–water partition coefficient (Wildman–Crippen LogP) is 4.99. The Labute approximate surface area is 201 Å². The van der Waals surface area contributed by atoms with E-state index in [0.717, 1.165) is 4.31 Å². The molecule has 166 valence electrons. The Kier molecular flexibility index (Phi) is 8.28. The summed E-state index contributed by atoms with van der Waals surface area (Å²) < 4.78 is 27.4. The summed E-state index contributed by atoms with van der Waals surface area (Å²) in [6.07, 6.45) is 1.38. The smallest absolute Gasteiger partial charge is 0.255 e. The van der Waals surface area contributed by atoms with Crippen LogP contribution >= 0.6 is 34.8 Å². The van der Waals surface area contributed by atoms with Gasteiger partial charge < -0.3 is 0 Å². The molecule has 0 bridgehead atoms. The second-order valence-electron chi connectivity index (χ2n) is 6.64. The normalized spacial score (nSPS) is 11.8. The zero-order valence-electron chi connectivity index (χ0n) is 16.6. The minimum atomic E-state index is -4.00. The lowest BCUT2D eigenvalue weighted by Gasteiger charge is -2.22. The van der Waals surface area contributed by atoms with Crippen molar-refractivity contribution < 1.29 is 13.2 Å². The largest absolute Gasteiger partial charge is 0.272 e. The van der Waals surface area contributed by atoms with E-state index in [0.29, 0.717) is 26.2 Å². The maximum Gasteiger partial charge on any atom is 0.255 e. The molecule has 0 saturated heterocycles. The Morgan fingerprint density at radius 1 is 0.938 bits per heavy atom. The molecule has 6 nitrogen and oxygen atoms in total. The van der Waals surface area contributed by atoms with Crippen LogP contribution in [-0.2, 0) is 21.4 Å². The first kappa shape index (κ1) is 24.2. The van der Waals surface area contributed by atoms with E-state index in [-0.39, 0.29) is 11.4 Å². The number of carbonyl (C=O) groups is 1. The van der Waals surface area contributed by atoms with Gasteiger partial charge in [0.05, 0.1) is 17.7 Å². The van der Waals surface area contributed by atoms with Crippen LogP contribution in [0.25, 0.3) is 0 Å². The topological polar surface area (TPSA) is 78.8 Å². The van der Waals surface area contributed by atoms with Gasteiger partial charge in [-0.2, -0.15) is 9.41 Å². The fourth-order valence-electron chi connectivity index (χ4n) is 2.76. The van der Waals surface area contributed by atoms with Crippen LogP contribution in [0.3, 0.4) is 0 Å². The number of hydrazone groups is 1. The highest BCUT2D eigenvalue weighted by atomic mass is 35.5. The number of nitrogens with zero attached hydrogens (tertiary/aromatic N) is 2. The molecule has 0 fully saturated rings. The summed E-state index contributed by atoms with van der Waals surface area (Å²) in [4.78, 5) is 12.6. The molecular formula is C22H18Cl3N3O3S. The van der Waals surface area contributed by atoms with Crippen LogP contribution in [0.5, 0.6) is 0 Å². The second-order valence-corrected chi connectivity index (χ2v) is 9.83. The van der Waals surface area contributed by atoms with Crippen molar-refractivity contribution in [1.82, 2.24) is 9.73 Å². The van der Waals surface area contributed by atoms with Crippen molar-refractivity contribution in [1.29, 1.82) is 0 Å². The van der Waals surface area contributed by atoms with Crippen LogP contribution in [0, 0.1) is 0 Å². The van der Waals surface area contributed by atoms with Gasteiger partial charge >= 0.3 is 0 Å². The van der Waals surface area contributed by atoms with Crippen molar-refractivity contribution >= 4 is 56.9 Å². The van der Waals surface area contributed by atoms with Crippen molar-refractivity contribution in [2.24, 2.45) is 5.10 Å². The van der Waals surface area contributed by atoms with Crippen molar-refractivity contribution in [3.05, 3.63) is 99.0 Å². The molecular weight excluding hydrogens is 493 g/mol. The van der Waals surface area contributed by atoms with E-state index in [1.54, 1.807) is 54.6 Å². The van der Waals surface area contributed by atoms with Crippen molar-refractivity contribution in [2.45, 2.75) is 11.4 Å². The number of hydrogen-bond acceptors (Lipinski definition) is 4. The Hall–Kier alpha value is -2.42. The minimum absolute atomic E-state index is 0.0532. The van der Waals surface area contributed by atoms with Gasteiger partial charge in [-0.3, -0.25) is 4.79 Å². The van der Waals surface area contributed by atoms with E-state index in [4.69, 9.17) is 34.8 Å². The number of rotatable bonds is 8. The lowest BCUT2D eigenvalue weighted by molar-refractivity contribution is -0.121. The van der Waals surface area contributed by atoms with Gasteiger partial charge in [0.25, 0.3) is 5.91 Å². The van der Waals surface area contributed by atoms with Crippen LogP contribution in [0.1, 0.15) is 11.1 Å². The fourth-order valence-corrected chi connectivity index (χ4v) is 4.80. The Morgan fingerprint density at radius 2 is 1.62 bits per heavy atom. The van der Waals surface area contributed by atoms with E-state index < -0.39 is 22.5 Å². The van der Waals surface area contributed by atoms with E-state index in [2.05, 4.69) is 10.5 Å². The number of hydrogen-bond donors (Lipinski definition) is 1. The van der Waals surface area contributed by atoms with E-state index in [1.807, 2.05) is 0 Å². The van der Waals surface area contributed by atoms with Gasteiger partial charge in [0.2, 0.25) is 10.0 Å². The highest BCUT2D eigenvalue weighted by Gasteiger charge is 2.27. The summed E-state index contributed by atoms with van der Waals surface area (Å²) in [5.41, 5.74) is 3.44. The third kappa shape index (κ3) is 6.31. The second kappa shape index (κ2) is 10.9. The average Bonchev–Trinajstić information content (AvgIpc) is 2.77. The number of nitrogens with one attached hydrogen (secondary N) is 1. The van der Waals surface area contributed by atoms with E-state index in [1.165, 1.54) is 24.4 Å². The third-order valence-electron chi connectivity index (χ3n) is 4.36. The van der Waals surface area contributed by atoms with Gasteiger partial charge in [0, 0.05) is 27.2 Å². The van der Waals surface area contributed by atoms with Gasteiger partial charge in [0.1, 0.15) is 0 Å². The maximum absolute atomic E-state index is 13.2. The molecule has 0 aromatic heterocycles. The average molecular weight is 511 g/mol. The number of benzene rings is 3. The summed E-state index contributed by atoms with van der Waals surface area (Å²) in [6.45, 7) is -0.606. The molecule has 3 aromatic rings. The molecule has 0 aliphatic rings.